The minimum atomic E-state index is 0.0735. The summed E-state index contributed by atoms with van der Waals surface area (Å²) in [4.78, 5) is 15.0. The van der Waals surface area contributed by atoms with Crippen molar-refractivity contribution in [3.8, 4) is 0 Å². The van der Waals surface area contributed by atoms with E-state index in [2.05, 4.69) is 30.3 Å². The first-order valence-electron chi connectivity index (χ1n) is 8.33. The largest absolute Gasteiger partial charge is 0.322 e. The van der Waals surface area contributed by atoms with Crippen molar-refractivity contribution in [2.24, 2.45) is 0 Å². The molecule has 1 saturated heterocycles. The van der Waals surface area contributed by atoms with Crippen molar-refractivity contribution in [3.05, 3.63) is 0 Å². The SMILES string of the molecule is CCCCC1NC(CC)N(C2CCCCC2SC)C1=O. The number of thioether (sulfide) groups is 1. The summed E-state index contributed by atoms with van der Waals surface area (Å²) in [6.07, 6.45) is 11.9. The predicted octanol–water partition coefficient (Wildman–Crippen LogP) is 3.39. The Bertz CT molecular complexity index is 324. The Labute approximate surface area is 128 Å². The van der Waals surface area contributed by atoms with Crippen LogP contribution in [0.2, 0.25) is 0 Å². The van der Waals surface area contributed by atoms with Crippen molar-refractivity contribution in [1.29, 1.82) is 0 Å². The molecule has 1 aliphatic carbocycles. The molecule has 1 N–H and O–H groups in total. The second-order valence-electron chi connectivity index (χ2n) is 6.16. The molecule has 20 heavy (non-hydrogen) atoms. The molecule has 4 heteroatoms. The van der Waals surface area contributed by atoms with Crippen LogP contribution in [-0.4, -0.2) is 40.6 Å². The summed E-state index contributed by atoms with van der Waals surface area (Å²) in [5.41, 5.74) is 0. The van der Waals surface area contributed by atoms with Crippen molar-refractivity contribution < 1.29 is 4.79 Å². The molecule has 0 spiro atoms. The van der Waals surface area contributed by atoms with Crippen LogP contribution < -0.4 is 5.32 Å². The Morgan fingerprint density at radius 2 is 2.05 bits per heavy atom. The van der Waals surface area contributed by atoms with Gasteiger partial charge >= 0.3 is 0 Å². The average molecular weight is 298 g/mol. The predicted molar refractivity (Wildman–Crippen MR) is 86.9 cm³/mol. The zero-order chi connectivity index (χ0) is 14.5. The number of carbonyl (C=O) groups is 1. The van der Waals surface area contributed by atoms with E-state index in [9.17, 15) is 4.79 Å². The van der Waals surface area contributed by atoms with E-state index in [1.807, 2.05) is 11.8 Å². The molecule has 1 heterocycles. The number of amides is 1. The van der Waals surface area contributed by atoms with E-state index in [1.54, 1.807) is 0 Å². The molecule has 116 valence electrons. The molecular formula is C16H30N2OS. The lowest BCUT2D eigenvalue weighted by Gasteiger charge is -2.39. The van der Waals surface area contributed by atoms with E-state index in [4.69, 9.17) is 0 Å². The molecule has 2 aliphatic rings. The van der Waals surface area contributed by atoms with Gasteiger partial charge in [-0.1, -0.05) is 39.5 Å². The molecule has 1 saturated carbocycles. The standard InChI is InChI=1S/C16H30N2OS/c1-4-6-9-12-16(19)18(15(5-2)17-12)13-10-7-8-11-14(13)20-3/h12-15,17H,4-11H2,1-3H3. The normalized spacial score (nSPS) is 34.8. The summed E-state index contributed by atoms with van der Waals surface area (Å²) in [6.45, 7) is 4.39. The lowest BCUT2D eigenvalue weighted by Crippen LogP contribution is -2.50. The highest BCUT2D eigenvalue weighted by Gasteiger charge is 2.43. The Balaban J connectivity index is 2.09. The number of nitrogens with one attached hydrogen (secondary N) is 1. The van der Waals surface area contributed by atoms with Gasteiger partial charge in [-0.3, -0.25) is 10.1 Å². The van der Waals surface area contributed by atoms with Crippen LogP contribution in [0.3, 0.4) is 0 Å². The van der Waals surface area contributed by atoms with Gasteiger partial charge in [-0.2, -0.15) is 11.8 Å². The molecule has 0 radical (unpaired) electrons. The molecular weight excluding hydrogens is 268 g/mol. The lowest BCUT2D eigenvalue weighted by atomic mass is 9.93. The molecule has 4 atom stereocenters. The van der Waals surface area contributed by atoms with Crippen LogP contribution >= 0.6 is 11.8 Å². The molecule has 4 unspecified atom stereocenters. The van der Waals surface area contributed by atoms with E-state index in [1.165, 1.54) is 32.1 Å². The Morgan fingerprint density at radius 1 is 1.30 bits per heavy atom. The quantitative estimate of drug-likeness (QED) is 0.816. The molecule has 0 aromatic carbocycles. The van der Waals surface area contributed by atoms with Crippen molar-refractivity contribution in [1.82, 2.24) is 10.2 Å². The molecule has 0 aromatic heterocycles. The van der Waals surface area contributed by atoms with Crippen LogP contribution in [0.1, 0.15) is 65.2 Å². The number of rotatable bonds is 6. The van der Waals surface area contributed by atoms with Gasteiger partial charge in [0.2, 0.25) is 5.91 Å². The van der Waals surface area contributed by atoms with Crippen LogP contribution in [0.15, 0.2) is 0 Å². The summed E-state index contributed by atoms with van der Waals surface area (Å²) in [6, 6.07) is 0.527. The third-order valence-electron chi connectivity index (χ3n) is 4.84. The van der Waals surface area contributed by atoms with Crippen LogP contribution in [0.5, 0.6) is 0 Å². The van der Waals surface area contributed by atoms with E-state index >= 15 is 0 Å². The number of carbonyl (C=O) groups excluding carboxylic acids is 1. The van der Waals surface area contributed by atoms with E-state index in [-0.39, 0.29) is 12.2 Å². The van der Waals surface area contributed by atoms with Gasteiger partial charge in [0.15, 0.2) is 0 Å². The van der Waals surface area contributed by atoms with Crippen molar-refractivity contribution in [2.45, 2.75) is 88.7 Å². The fraction of sp³-hybridized carbons (Fsp3) is 0.938. The Hall–Kier alpha value is -0.220. The Morgan fingerprint density at radius 3 is 2.70 bits per heavy atom. The molecule has 2 fully saturated rings. The van der Waals surface area contributed by atoms with Crippen LogP contribution in [0, 0.1) is 0 Å². The van der Waals surface area contributed by atoms with Gasteiger partial charge in [-0.15, -0.1) is 0 Å². The van der Waals surface area contributed by atoms with E-state index in [0.29, 0.717) is 17.2 Å². The fourth-order valence-corrected chi connectivity index (χ4v) is 4.70. The number of unbranched alkanes of at least 4 members (excludes halogenated alkanes) is 1. The van der Waals surface area contributed by atoms with Gasteiger partial charge < -0.3 is 4.90 Å². The lowest BCUT2D eigenvalue weighted by molar-refractivity contribution is -0.133. The maximum Gasteiger partial charge on any atom is 0.241 e. The molecule has 1 amide bonds. The third-order valence-corrected chi connectivity index (χ3v) is 6.00. The number of hydrogen-bond donors (Lipinski definition) is 1. The van der Waals surface area contributed by atoms with Gasteiger partial charge in [0, 0.05) is 11.3 Å². The maximum atomic E-state index is 12.8. The number of hydrogen-bond acceptors (Lipinski definition) is 3. The highest BCUT2D eigenvalue weighted by Crippen LogP contribution is 2.34. The van der Waals surface area contributed by atoms with Crippen LogP contribution in [0.4, 0.5) is 0 Å². The molecule has 0 aromatic rings. The van der Waals surface area contributed by atoms with Gasteiger partial charge in [0.25, 0.3) is 0 Å². The first kappa shape index (κ1) is 16.2. The summed E-state index contributed by atoms with van der Waals surface area (Å²) in [7, 11) is 0. The average Bonchev–Trinajstić information content (AvgIpc) is 2.81. The monoisotopic (exact) mass is 298 g/mol. The first-order valence-corrected chi connectivity index (χ1v) is 9.62. The highest BCUT2D eigenvalue weighted by atomic mass is 32.2. The Kier molecular flexibility index (Phi) is 6.21. The topological polar surface area (TPSA) is 32.3 Å². The minimum absolute atomic E-state index is 0.0735. The molecule has 3 nitrogen and oxygen atoms in total. The summed E-state index contributed by atoms with van der Waals surface area (Å²) < 4.78 is 0. The van der Waals surface area contributed by atoms with Gasteiger partial charge in [-0.25, -0.2) is 0 Å². The van der Waals surface area contributed by atoms with E-state index < -0.39 is 0 Å². The van der Waals surface area contributed by atoms with Crippen molar-refractivity contribution in [3.63, 3.8) is 0 Å². The third kappa shape index (κ3) is 3.33. The second kappa shape index (κ2) is 7.69. The summed E-state index contributed by atoms with van der Waals surface area (Å²) >= 11 is 1.95. The van der Waals surface area contributed by atoms with Crippen molar-refractivity contribution >= 4 is 17.7 Å². The van der Waals surface area contributed by atoms with Gasteiger partial charge in [0.05, 0.1) is 12.2 Å². The first-order chi connectivity index (χ1) is 9.72. The second-order valence-corrected chi connectivity index (χ2v) is 7.23. The minimum Gasteiger partial charge on any atom is -0.322 e. The van der Waals surface area contributed by atoms with Crippen LogP contribution in [0.25, 0.3) is 0 Å². The smallest absolute Gasteiger partial charge is 0.241 e. The zero-order valence-electron chi connectivity index (χ0n) is 13.2. The fourth-order valence-electron chi connectivity index (χ4n) is 3.71. The van der Waals surface area contributed by atoms with Gasteiger partial charge in [-0.05, 0) is 31.9 Å². The maximum absolute atomic E-state index is 12.8. The summed E-state index contributed by atoms with van der Waals surface area (Å²) in [5, 5.41) is 4.22. The van der Waals surface area contributed by atoms with E-state index in [0.717, 1.165) is 19.3 Å². The summed E-state index contributed by atoms with van der Waals surface area (Å²) in [5.74, 6) is 0.372. The molecule has 0 bridgehead atoms. The highest BCUT2D eigenvalue weighted by molar-refractivity contribution is 7.99. The number of nitrogens with zero attached hydrogens (tertiary/aromatic N) is 1. The molecule has 1 aliphatic heterocycles. The zero-order valence-corrected chi connectivity index (χ0v) is 14.0. The van der Waals surface area contributed by atoms with Gasteiger partial charge in [0.1, 0.15) is 0 Å². The van der Waals surface area contributed by atoms with Crippen molar-refractivity contribution in [2.75, 3.05) is 6.26 Å². The van der Waals surface area contributed by atoms with Crippen LogP contribution in [-0.2, 0) is 4.79 Å². The molecule has 2 rings (SSSR count).